The van der Waals surface area contributed by atoms with Crippen LogP contribution in [0.3, 0.4) is 0 Å². The van der Waals surface area contributed by atoms with E-state index in [0.717, 1.165) is 52.6 Å². The fourth-order valence-electron chi connectivity index (χ4n) is 3.69. The van der Waals surface area contributed by atoms with Gasteiger partial charge in [0.15, 0.2) is 12.1 Å². The maximum Gasteiger partial charge on any atom is 0.250 e. The van der Waals surface area contributed by atoms with Crippen molar-refractivity contribution in [2.24, 2.45) is 5.73 Å². The van der Waals surface area contributed by atoms with E-state index in [1.165, 1.54) is 11.3 Å². The summed E-state index contributed by atoms with van der Waals surface area (Å²) in [5.41, 5.74) is 8.54. The van der Waals surface area contributed by atoms with Crippen LogP contribution in [0.25, 0.3) is 38.1 Å². The highest BCUT2D eigenvalue weighted by molar-refractivity contribution is 7.18. The van der Waals surface area contributed by atoms with Crippen LogP contribution < -0.4 is 5.73 Å². The van der Waals surface area contributed by atoms with Gasteiger partial charge in [0.25, 0.3) is 0 Å². The minimum atomic E-state index is -0.607. The highest BCUT2D eigenvalue weighted by atomic mass is 32.1. The summed E-state index contributed by atoms with van der Waals surface area (Å²) in [6, 6.07) is 13.5. The van der Waals surface area contributed by atoms with Crippen LogP contribution in [0.15, 0.2) is 61.6 Å². The van der Waals surface area contributed by atoms with Crippen LogP contribution in [0.1, 0.15) is 31.2 Å². The molecule has 1 aliphatic heterocycles. The average Bonchev–Trinajstić information content (AvgIpc) is 3.52. The number of amides is 1. The lowest BCUT2D eigenvalue weighted by molar-refractivity contribution is -0.112. The van der Waals surface area contributed by atoms with E-state index in [4.69, 9.17) is 20.6 Å². The number of hydrogen-bond acceptors (Lipinski definition) is 7. The lowest BCUT2D eigenvalue weighted by atomic mass is 10.1. The number of carbonyl (C=O) groups is 1. The number of rotatable bonds is 6. The van der Waals surface area contributed by atoms with Crippen LogP contribution in [0.5, 0.6) is 0 Å². The SMILES string of the molecule is C=C(C(N)=O)c1cc(-c2nc(-c3ccccc3)c(-c3ncn(C4CCCCO4)n3)s2)ccn1. The van der Waals surface area contributed by atoms with Crippen LogP contribution in [-0.4, -0.2) is 37.2 Å². The molecule has 0 spiro atoms. The fourth-order valence-corrected chi connectivity index (χ4v) is 4.71. The quantitative estimate of drug-likeness (QED) is 0.431. The Morgan fingerprint density at radius 2 is 2.00 bits per heavy atom. The van der Waals surface area contributed by atoms with Gasteiger partial charge in [0, 0.05) is 23.9 Å². The van der Waals surface area contributed by atoms with E-state index in [-0.39, 0.29) is 11.8 Å². The summed E-state index contributed by atoms with van der Waals surface area (Å²) in [6.07, 6.45) is 6.36. The van der Waals surface area contributed by atoms with Crippen LogP contribution in [-0.2, 0) is 9.53 Å². The zero-order chi connectivity index (χ0) is 22.8. The third kappa shape index (κ3) is 4.33. The fraction of sp³-hybridized carbons (Fsp3) is 0.208. The highest BCUT2D eigenvalue weighted by Crippen LogP contribution is 2.39. The predicted octanol–water partition coefficient (Wildman–Crippen LogP) is 4.33. The minimum absolute atomic E-state index is 0.0878. The molecule has 3 aromatic heterocycles. The summed E-state index contributed by atoms with van der Waals surface area (Å²) >= 11 is 1.49. The number of benzene rings is 1. The Balaban J connectivity index is 1.57. The van der Waals surface area contributed by atoms with E-state index < -0.39 is 5.91 Å². The van der Waals surface area contributed by atoms with Gasteiger partial charge < -0.3 is 10.5 Å². The van der Waals surface area contributed by atoms with Crippen molar-refractivity contribution in [1.29, 1.82) is 0 Å². The third-order valence-electron chi connectivity index (χ3n) is 5.45. The number of hydrogen-bond donors (Lipinski definition) is 1. The predicted molar refractivity (Wildman–Crippen MR) is 127 cm³/mol. The molecule has 4 heterocycles. The summed E-state index contributed by atoms with van der Waals surface area (Å²) in [5.74, 6) is -0.00766. The summed E-state index contributed by atoms with van der Waals surface area (Å²) in [6.45, 7) is 4.47. The summed E-state index contributed by atoms with van der Waals surface area (Å²) in [5, 5.41) is 5.49. The van der Waals surface area contributed by atoms with Gasteiger partial charge in [-0.1, -0.05) is 36.9 Å². The van der Waals surface area contributed by atoms with Gasteiger partial charge in [0.05, 0.1) is 17.0 Å². The smallest absolute Gasteiger partial charge is 0.250 e. The molecule has 0 radical (unpaired) electrons. The normalized spacial score (nSPS) is 15.9. The van der Waals surface area contributed by atoms with Gasteiger partial charge in [-0.3, -0.25) is 9.78 Å². The van der Waals surface area contributed by atoms with E-state index in [1.54, 1.807) is 23.3 Å². The van der Waals surface area contributed by atoms with Crippen molar-refractivity contribution in [2.75, 3.05) is 6.61 Å². The Hall–Kier alpha value is -3.69. The Labute approximate surface area is 194 Å². The zero-order valence-corrected chi connectivity index (χ0v) is 18.7. The lowest BCUT2D eigenvalue weighted by Gasteiger charge is -2.21. The second-order valence-electron chi connectivity index (χ2n) is 7.70. The van der Waals surface area contributed by atoms with Crippen molar-refractivity contribution in [3.05, 3.63) is 67.3 Å². The van der Waals surface area contributed by atoms with Gasteiger partial charge in [-0.2, -0.15) is 0 Å². The molecule has 1 fully saturated rings. The first kappa shape index (κ1) is 21.2. The molecule has 166 valence electrons. The molecule has 5 rings (SSSR count). The Morgan fingerprint density at radius 1 is 1.15 bits per heavy atom. The van der Waals surface area contributed by atoms with E-state index in [9.17, 15) is 4.79 Å². The molecule has 4 aromatic rings. The number of nitrogens with zero attached hydrogens (tertiary/aromatic N) is 5. The number of aromatic nitrogens is 5. The maximum atomic E-state index is 11.5. The second-order valence-corrected chi connectivity index (χ2v) is 8.70. The van der Waals surface area contributed by atoms with Gasteiger partial charge in [-0.15, -0.1) is 16.4 Å². The molecule has 1 saturated heterocycles. The molecule has 8 nitrogen and oxygen atoms in total. The molecule has 1 amide bonds. The minimum Gasteiger partial charge on any atom is -0.366 e. The van der Waals surface area contributed by atoms with Crippen molar-refractivity contribution in [2.45, 2.75) is 25.5 Å². The van der Waals surface area contributed by atoms with Crippen molar-refractivity contribution in [1.82, 2.24) is 24.7 Å². The molecule has 33 heavy (non-hydrogen) atoms. The zero-order valence-electron chi connectivity index (χ0n) is 17.8. The number of ether oxygens (including phenoxy) is 1. The molecule has 2 N–H and O–H groups in total. The lowest BCUT2D eigenvalue weighted by Crippen LogP contribution is -2.18. The summed E-state index contributed by atoms with van der Waals surface area (Å²) < 4.78 is 7.65. The third-order valence-corrected chi connectivity index (χ3v) is 6.55. The molecule has 1 aliphatic rings. The Morgan fingerprint density at radius 3 is 2.76 bits per heavy atom. The topological polar surface area (TPSA) is 109 Å². The van der Waals surface area contributed by atoms with Gasteiger partial charge in [0.2, 0.25) is 5.91 Å². The maximum absolute atomic E-state index is 11.5. The number of carbonyl (C=O) groups excluding carboxylic acids is 1. The van der Waals surface area contributed by atoms with Crippen LogP contribution in [0.4, 0.5) is 0 Å². The summed E-state index contributed by atoms with van der Waals surface area (Å²) in [7, 11) is 0. The molecular formula is C24H22N6O2S. The van der Waals surface area contributed by atoms with E-state index in [1.807, 2.05) is 36.4 Å². The molecule has 9 heteroatoms. The molecule has 0 saturated carbocycles. The van der Waals surface area contributed by atoms with Gasteiger partial charge in [-0.05, 0) is 31.4 Å². The van der Waals surface area contributed by atoms with E-state index in [0.29, 0.717) is 11.5 Å². The van der Waals surface area contributed by atoms with Crippen molar-refractivity contribution in [3.8, 4) is 32.5 Å². The van der Waals surface area contributed by atoms with Gasteiger partial charge >= 0.3 is 0 Å². The molecule has 1 aromatic carbocycles. The van der Waals surface area contributed by atoms with Crippen LogP contribution in [0.2, 0.25) is 0 Å². The number of nitrogens with two attached hydrogens (primary N) is 1. The molecule has 0 aliphatic carbocycles. The molecule has 1 atom stereocenters. The highest BCUT2D eigenvalue weighted by Gasteiger charge is 2.22. The molecular weight excluding hydrogens is 436 g/mol. The monoisotopic (exact) mass is 458 g/mol. The van der Waals surface area contributed by atoms with Crippen LogP contribution in [0, 0.1) is 0 Å². The Bertz CT molecular complexity index is 1310. The van der Waals surface area contributed by atoms with Crippen molar-refractivity contribution < 1.29 is 9.53 Å². The Kier molecular flexibility index (Phi) is 5.80. The van der Waals surface area contributed by atoms with Crippen molar-refractivity contribution >= 4 is 22.8 Å². The van der Waals surface area contributed by atoms with E-state index in [2.05, 4.69) is 16.5 Å². The van der Waals surface area contributed by atoms with Gasteiger partial charge in [0.1, 0.15) is 16.2 Å². The number of thiazole rings is 1. The largest absolute Gasteiger partial charge is 0.366 e. The van der Waals surface area contributed by atoms with Crippen LogP contribution >= 0.6 is 11.3 Å². The van der Waals surface area contributed by atoms with Crippen molar-refractivity contribution in [3.63, 3.8) is 0 Å². The standard InChI is InChI=1S/C24H22N6O2S/c1-15(22(25)31)18-13-17(10-11-26-18)24-28-20(16-7-3-2-4-8-16)21(33-24)23-27-14-30(29-23)19-9-5-6-12-32-19/h2-4,7-8,10-11,13-14,19H,1,5-6,9,12H2,(H2,25,31). The first-order valence-electron chi connectivity index (χ1n) is 10.6. The van der Waals surface area contributed by atoms with E-state index >= 15 is 0 Å². The first-order chi connectivity index (χ1) is 16.1. The first-order valence-corrected chi connectivity index (χ1v) is 11.5. The number of pyridine rings is 1. The molecule has 0 bridgehead atoms. The summed E-state index contributed by atoms with van der Waals surface area (Å²) in [4.78, 5) is 26.1. The molecule has 1 unspecified atom stereocenters. The second kappa shape index (κ2) is 9.05. The number of primary amides is 1. The average molecular weight is 459 g/mol. The van der Waals surface area contributed by atoms with Gasteiger partial charge in [-0.25, -0.2) is 14.6 Å².